The van der Waals surface area contributed by atoms with Crippen LogP contribution in [0.4, 0.5) is 0 Å². The molecule has 1 heterocycles. The summed E-state index contributed by atoms with van der Waals surface area (Å²) in [7, 11) is 1.38. The zero-order chi connectivity index (χ0) is 7.56. The zero-order valence-electron chi connectivity index (χ0n) is 5.62. The number of nitrogens with one attached hydrogen (secondary N) is 1. The van der Waals surface area contributed by atoms with Crippen molar-refractivity contribution in [2.45, 2.75) is 5.16 Å². The Morgan fingerprint density at radius 3 is 2.80 bits per heavy atom. The largest absolute Gasteiger partial charge is 0.396 e. The van der Waals surface area contributed by atoms with Crippen LogP contribution in [0.1, 0.15) is 0 Å². The number of aromatic amines is 1. The minimum Gasteiger partial charge on any atom is -0.396 e. The van der Waals surface area contributed by atoms with Crippen LogP contribution in [0.2, 0.25) is 0 Å². The summed E-state index contributed by atoms with van der Waals surface area (Å²) < 4.78 is 0. The van der Waals surface area contributed by atoms with Crippen LogP contribution in [0.25, 0.3) is 0 Å². The van der Waals surface area contributed by atoms with Crippen LogP contribution in [0, 0.1) is 0 Å². The molecule has 10 heavy (non-hydrogen) atoms. The quantitative estimate of drug-likeness (QED) is 0.586. The second-order valence-electron chi connectivity index (χ2n) is 1.49. The molecule has 0 saturated heterocycles. The van der Waals surface area contributed by atoms with E-state index >= 15 is 0 Å². The lowest BCUT2D eigenvalue weighted by molar-refractivity contribution is 0.122. The van der Waals surface area contributed by atoms with Crippen molar-refractivity contribution in [2.75, 3.05) is 13.4 Å². The van der Waals surface area contributed by atoms with E-state index in [1.807, 2.05) is 6.26 Å². The SMILES string of the molecule is COn1nc(SC)[nH]c1=O. The Labute approximate surface area is 61.3 Å². The number of aromatic nitrogens is 3. The van der Waals surface area contributed by atoms with Gasteiger partial charge in [0, 0.05) is 0 Å². The van der Waals surface area contributed by atoms with E-state index in [1.165, 1.54) is 18.9 Å². The van der Waals surface area contributed by atoms with Gasteiger partial charge in [-0.15, -0.1) is 5.10 Å². The van der Waals surface area contributed by atoms with Gasteiger partial charge in [0.05, 0.1) is 0 Å². The minimum atomic E-state index is -0.355. The average molecular weight is 161 g/mol. The number of thioether (sulfide) groups is 1. The zero-order valence-corrected chi connectivity index (χ0v) is 6.44. The van der Waals surface area contributed by atoms with Gasteiger partial charge in [0.25, 0.3) is 0 Å². The van der Waals surface area contributed by atoms with E-state index in [-0.39, 0.29) is 5.69 Å². The van der Waals surface area contributed by atoms with E-state index in [0.29, 0.717) is 5.16 Å². The van der Waals surface area contributed by atoms with Gasteiger partial charge in [0.2, 0.25) is 0 Å². The van der Waals surface area contributed by atoms with E-state index in [1.54, 1.807) is 0 Å². The maximum absolute atomic E-state index is 10.7. The third-order valence-corrected chi connectivity index (χ3v) is 1.51. The maximum Gasteiger partial charge on any atom is 0.378 e. The fourth-order valence-corrected chi connectivity index (χ4v) is 0.853. The second-order valence-corrected chi connectivity index (χ2v) is 2.29. The van der Waals surface area contributed by atoms with Crippen molar-refractivity contribution in [1.82, 2.24) is 14.9 Å². The Bertz CT molecular complexity index is 266. The molecule has 0 radical (unpaired) electrons. The average Bonchev–Trinajstić information content (AvgIpc) is 2.30. The lowest BCUT2D eigenvalue weighted by atomic mass is 11.2. The van der Waals surface area contributed by atoms with Crippen molar-refractivity contribution in [1.29, 1.82) is 0 Å². The van der Waals surface area contributed by atoms with E-state index in [4.69, 9.17) is 0 Å². The maximum atomic E-state index is 10.7. The minimum absolute atomic E-state index is 0.355. The molecule has 0 unspecified atom stereocenters. The molecule has 6 heteroatoms. The first-order valence-corrected chi connectivity index (χ1v) is 3.78. The molecule has 0 amide bonds. The number of hydrogen-bond acceptors (Lipinski definition) is 4. The highest BCUT2D eigenvalue weighted by Gasteiger charge is 2.00. The smallest absolute Gasteiger partial charge is 0.378 e. The van der Waals surface area contributed by atoms with Crippen molar-refractivity contribution in [3.05, 3.63) is 10.5 Å². The van der Waals surface area contributed by atoms with Gasteiger partial charge in [-0.25, -0.2) is 4.79 Å². The van der Waals surface area contributed by atoms with Crippen molar-refractivity contribution in [2.24, 2.45) is 0 Å². The topological polar surface area (TPSA) is 59.9 Å². The molecule has 56 valence electrons. The molecule has 0 aromatic carbocycles. The van der Waals surface area contributed by atoms with E-state index in [2.05, 4.69) is 14.9 Å². The summed E-state index contributed by atoms with van der Waals surface area (Å²) in [5, 5.41) is 4.28. The molecule has 1 aromatic heterocycles. The van der Waals surface area contributed by atoms with Crippen LogP contribution in [-0.4, -0.2) is 28.3 Å². The Balaban J connectivity index is 3.04. The van der Waals surface area contributed by atoms with E-state index < -0.39 is 0 Å². The molecule has 1 aromatic rings. The van der Waals surface area contributed by atoms with Gasteiger partial charge in [0.15, 0.2) is 5.16 Å². The molecule has 0 saturated carbocycles. The van der Waals surface area contributed by atoms with Crippen LogP contribution in [0.5, 0.6) is 0 Å². The van der Waals surface area contributed by atoms with Gasteiger partial charge in [0.1, 0.15) is 7.11 Å². The monoisotopic (exact) mass is 161 g/mol. The summed E-state index contributed by atoms with van der Waals surface area (Å²) in [6.07, 6.45) is 1.82. The van der Waals surface area contributed by atoms with Crippen LogP contribution in [0.15, 0.2) is 9.95 Å². The Morgan fingerprint density at radius 2 is 2.50 bits per heavy atom. The van der Waals surface area contributed by atoms with E-state index in [0.717, 1.165) is 4.85 Å². The van der Waals surface area contributed by atoms with Crippen molar-refractivity contribution in [3.8, 4) is 0 Å². The summed E-state index contributed by atoms with van der Waals surface area (Å²) in [5.41, 5.74) is -0.355. The molecule has 0 aliphatic carbocycles. The Kier molecular flexibility index (Phi) is 2.00. The molecule has 0 spiro atoms. The molecule has 0 fully saturated rings. The Morgan fingerprint density at radius 1 is 1.80 bits per heavy atom. The van der Waals surface area contributed by atoms with Gasteiger partial charge in [-0.2, -0.15) is 0 Å². The van der Waals surface area contributed by atoms with Gasteiger partial charge in [-0.05, 0) is 11.1 Å². The molecule has 0 aliphatic heterocycles. The normalized spacial score (nSPS) is 9.80. The number of hydrogen-bond donors (Lipinski definition) is 1. The molecule has 0 bridgehead atoms. The fourth-order valence-electron chi connectivity index (χ4n) is 0.508. The fraction of sp³-hybridized carbons (Fsp3) is 0.500. The third kappa shape index (κ3) is 1.15. The predicted octanol–water partition coefficient (Wildman–Crippen LogP) is -0.648. The van der Waals surface area contributed by atoms with Crippen LogP contribution < -0.4 is 10.5 Å². The highest BCUT2D eigenvalue weighted by Crippen LogP contribution is 2.02. The summed E-state index contributed by atoms with van der Waals surface area (Å²) in [6, 6.07) is 0. The number of nitrogens with zero attached hydrogens (tertiary/aromatic N) is 2. The summed E-state index contributed by atoms with van der Waals surface area (Å²) >= 11 is 1.35. The summed E-state index contributed by atoms with van der Waals surface area (Å²) in [4.78, 5) is 18.7. The summed E-state index contributed by atoms with van der Waals surface area (Å²) in [6.45, 7) is 0. The molecule has 5 nitrogen and oxygen atoms in total. The van der Waals surface area contributed by atoms with Crippen molar-refractivity contribution >= 4 is 11.8 Å². The molecular formula is C4H7N3O2S. The van der Waals surface area contributed by atoms with Gasteiger partial charge < -0.3 is 4.84 Å². The first-order chi connectivity index (χ1) is 4.77. The van der Waals surface area contributed by atoms with Crippen LogP contribution in [0.3, 0.4) is 0 Å². The van der Waals surface area contributed by atoms with Gasteiger partial charge >= 0.3 is 5.69 Å². The van der Waals surface area contributed by atoms with Gasteiger partial charge in [-0.1, -0.05) is 11.8 Å². The van der Waals surface area contributed by atoms with Crippen molar-refractivity contribution in [3.63, 3.8) is 0 Å². The highest BCUT2D eigenvalue weighted by molar-refractivity contribution is 7.98. The van der Waals surface area contributed by atoms with Gasteiger partial charge in [-0.3, -0.25) is 4.98 Å². The predicted molar refractivity (Wildman–Crippen MR) is 37.1 cm³/mol. The molecule has 1 N–H and O–H groups in total. The standard InChI is InChI=1S/C4H7N3O2S/c1-9-7-4(8)5-3(6-7)10-2/h1-2H3,(H,5,6,8). The van der Waals surface area contributed by atoms with Crippen LogP contribution >= 0.6 is 11.8 Å². The van der Waals surface area contributed by atoms with Crippen LogP contribution in [-0.2, 0) is 0 Å². The lowest BCUT2D eigenvalue weighted by Gasteiger charge is -1.90. The van der Waals surface area contributed by atoms with E-state index in [9.17, 15) is 4.79 Å². The number of rotatable bonds is 2. The molecular weight excluding hydrogens is 154 g/mol. The lowest BCUT2D eigenvalue weighted by Crippen LogP contribution is -2.22. The Hall–Kier alpha value is -0.910. The highest BCUT2D eigenvalue weighted by atomic mass is 32.2. The second kappa shape index (κ2) is 2.78. The first kappa shape index (κ1) is 7.20. The molecule has 1 rings (SSSR count). The first-order valence-electron chi connectivity index (χ1n) is 2.55. The third-order valence-electron chi connectivity index (χ3n) is 0.936. The molecule has 0 atom stereocenters. The van der Waals surface area contributed by atoms with Crippen molar-refractivity contribution < 1.29 is 4.84 Å². The molecule has 0 aliphatic rings. The summed E-state index contributed by atoms with van der Waals surface area (Å²) in [5.74, 6) is 0. The number of H-pyrrole nitrogens is 1.